The van der Waals surface area contributed by atoms with E-state index in [0.29, 0.717) is 30.3 Å². The molecule has 0 heterocycles. The fraction of sp³-hybridized carbons (Fsp3) is 0.235. The predicted octanol–water partition coefficient (Wildman–Crippen LogP) is 5.61. The highest BCUT2D eigenvalue weighted by atomic mass is 127. The van der Waals surface area contributed by atoms with Gasteiger partial charge in [-0.25, -0.2) is 4.79 Å². The van der Waals surface area contributed by atoms with Gasteiger partial charge in [0.05, 0.1) is 11.6 Å². The number of ether oxygens (including phenoxy) is 1. The Hall–Kier alpha value is -0.990. The van der Waals surface area contributed by atoms with Gasteiger partial charge in [-0.15, -0.1) is 0 Å². The minimum Gasteiger partial charge on any atom is -0.492 e. The molecular weight excluding hydrogens is 506 g/mol. The Bertz CT molecular complexity index is 728. The molecule has 0 spiro atoms. The maximum atomic E-state index is 11.9. The summed E-state index contributed by atoms with van der Waals surface area (Å²) in [7, 11) is 0. The van der Waals surface area contributed by atoms with Gasteiger partial charge in [-0.3, -0.25) is 0 Å². The third kappa shape index (κ3) is 6.14. The average molecular weight is 524 g/mol. The molecule has 0 aromatic heterocycles. The predicted molar refractivity (Wildman–Crippen MR) is 110 cm³/mol. The molecule has 0 bridgehead atoms. The van der Waals surface area contributed by atoms with Crippen LogP contribution < -0.4 is 15.4 Å². The number of carbonyl (C=O) groups excluding carboxylic acids is 1. The molecule has 24 heavy (non-hydrogen) atoms. The first-order valence-corrected chi connectivity index (χ1v) is 9.59. The average Bonchev–Trinajstić information content (AvgIpc) is 2.51. The lowest BCUT2D eigenvalue weighted by Crippen LogP contribution is -2.30. The molecule has 2 N–H and O–H groups in total. The monoisotopic (exact) mass is 522 g/mol. The molecule has 0 aliphatic rings. The number of halogens is 3. The Morgan fingerprint density at radius 3 is 2.79 bits per heavy atom. The SMILES string of the molecule is Cc1cc(I)ccc1NC(=O)NCCCOc1ccc(Br)cc1Cl. The van der Waals surface area contributed by atoms with Crippen molar-refractivity contribution in [2.45, 2.75) is 13.3 Å². The second-order valence-corrected chi connectivity index (χ2v) is 7.69. The minimum atomic E-state index is -0.221. The van der Waals surface area contributed by atoms with E-state index in [1.54, 1.807) is 6.07 Å². The number of hydrogen-bond acceptors (Lipinski definition) is 2. The van der Waals surface area contributed by atoms with Gasteiger partial charge in [0.1, 0.15) is 5.75 Å². The molecule has 0 aliphatic carbocycles. The van der Waals surface area contributed by atoms with Crippen molar-refractivity contribution in [3.8, 4) is 5.75 Å². The van der Waals surface area contributed by atoms with Gasteiger partial charge >= 0.3 is 6.03 Å². The number of urea groups is 1. The first-order chi connectivity index (χ1) is 11.5. The molecule has 0 atom stereocenters. The number of rotatable bonds is 6. The zero-order valence-corrected chi connectivity index (χ0v) is 17.5. The molecule has 2 aromatic rings. The highest BCUT2D eigenvalue weighted by molar-refractivity contribution is 14.1. The van der Waals surface area contributed by atoms with E-state index in [1.807, 2.05) is 37.3 Å². The van der Waals surface area contributed by atoms with E-state index >= 15 is 0 Å². The molecule has 2 aromatic carbocycles. The fourth-order valence-electron chi connectivity index (χ4n) is 1.98. The van der Waals surface area contributed by atoms with Gasteiger partial charge in [-0.2, -0.15) is 0 Å². The highest BCUT2D eigenvalue weighted by Gasteiger charge is 2.05. The number of benzene rings is 2. The van der Waals surface area contributed by atoms with Crippen molar-refractivity contribution in [2.75, 3.05) is 18.5 Å². The summed E-state index contributed by atoms with van der Waals surface area (Å²) < 4.78 is 7.64. The molecule has 0 saturated carbocycles. The number of amides is 2. The Kier molecular flexibility index (Phi) is 7.64. The maximum absolute atomic E-state index is 11.9. The Morgan fingerprint density at radius 2 is 2.08 bits per heavy atom. The smallest absolute Gasteiger partial charge is 0.319 e. The van der Waals surface area contributed by atoms with Gasteiger partial charge < -0.3 is 15.4 Å². The van der Waals surface area contributed by atoms with Crippen molar-refractivity contribution in [2.24, 2.45) is 0 Å². The summed E-state index contributed by atoms with van der Waals surface area (Å²) in [6, 6.07) is 11.1. The van der Waals surface area contributed by atoms with Gasteiger partial charge in [0.15, 0.2) is 0 Å². The van der Waals surface area contributed by atoms with Crippen LogP contribution in [0.2, 0.25) is 5.02 Å². The van der Waals surface area contributed by atoms with Crippen LogP contribution in [0.15, 0.2) is 40.9 Å². The van der Waals surface area contributed by atoms with Crippen LogP contribution in [0, 0.1) is 10.5 Å². The zero-order chi connectivity index (χ0) is 17.5. The Morgan fingerprint density at radius 1 is 1.29 bits per heavy atom. The van der Waals surface area contributed by atoms with Crippen LogP contribution in [0.5, 0.6) is 5.75 Å². The van der Waals surface area contributed by atoms with Gasteiger partial charge in [-0.1, -0.05) is 27.5 Å². The molecule has 0 saturated heterocycles. The highest BCUT2D eigenvalue weighted by Crippen LogP contribution is 2.27. The van der Waals surface area contributed by atoms with E-state index < -0.39 is 0 Å². The molecule has 7 heteroatoms. The summed E-state index contributed by atoms with van der Waals surface area (Å²) >= 11 is 11.7. The normalized spacial score (nSPS) is 10.3. The zero-order valence-electron chi connectivity index (χ0n) is 13.0. The van der Waals surface area contributed by atoms with Crippen molar-refractivity contribution >= 4 is 61.8 Å². The van der Waals surface area contributed by atoms with Crippen molar-refractivity contribution < 1.29 is 9.53 Å². The van der Waals surface area contributed by atoms with Crippen molar-refractivity contribution in [3.05, 3.63) is 55.0 Å². The molecule has 2 rings (SSSR count). The summed E-state index contributed by atoms with van der Waals surface area (Å²) in [4.78, 5) is 11.9. The lowest BCUT2D eigenvalue weighted by molar-refractivity contribution is 0.250. The van der Waals surface area contributed by atoms with Crippen LogP contribution in [-0.2, 0) is 0 Å². The fourth-order valence-corrected chi connectivity index (χ4v) is 3.36. The summed E-state index contributed by atoms with van der Waals surface area (Å²) in [5, 5.41) is 6.21. The second-order valence-electron chi connectivity index (χ2n) is 5.12. The van der Waals surface area contributed by atoms with Gasteiger partial charge in [0, 0.05) is 20.3 Å². The minimum absolute atomic E-state index is 0.221. The number of anilines is 1. The van der Waals surface area contributed by atoms with Crippen LogP contribution in [0.3, 0.4) is 0 Å². The Labute approximate surface area is 168 Å². The van der Waals surface area contributed by atoms with Crippen LogP contribution >= 0.6 is 50.1 Å². The van der Waals surface area contributed by atoms with Gasteiger partial charge in [0.2, 0.25) is 0 Å². The molecule has 0 aliphatic heterocycles. The van der Waals surface area contributed by atoms with Crippen molar-refractivity contribution in [1.82, 2.24) is 5.32 Å². The number of hydrogen-bond donors (Lipinski definition) is 2. The van der Waals surface area contributed by atoms with E-state index in [4.69, 9.17) is 16.3 Å². The summed E-state index contributed by atoms with van der Waals surface area (Å²) in [6.45, 7) is 2.96. The summed E-state index contributed by atoms with van der Waals surface area (Å²) in [5.74, 6) is 0.638. The number of nitrogens with one attached hydrogen (secondary N) is 2. The molecule has 2 amide bonds. The van der Waals surface area contributed by atoms with E-state index in [9.17, 15) is 4.79 Å². The van der Waals surface area contributed by atoms with Crippen molar-refractivity contribution in [1.29, 1.82) is 0 Å². The molecule has 0 fully saturated rings. The molecule has 0 unspecified atom stereocenters. The van der Waals surface area contributed by atoms with E-state index in [0.717, 1.165) is 19.3 Å². The standard InChI is InChI=1S/C17H17BrClIN2O2/c1-11-9-13(20)4-5-15(11)22-17(23)21-7-2-8-24-16-6-3-12(18)10-14(16)19/h3-6,9-10H,2,7-8H2,1H3,(H2,21,22,23). The van der Waals surface area contributed by atoms with Crippen LogP contribution in [0.1, 0.15) is 12.0 Å². The largest absolute Gasteiger partial charge is 0.492 e. The number of carbonyl (C=O) groups is 1. The molecule has 128 valence electrons. The van der Waals surface area contributed by atoms with Gasteiger partial charge in [-0.05, 0) is 77.9 Å². The quantitative estimate of drug-likeness (QED) is 0.382. The van der Waals surface area contributed by atoms with Crippen LogP contribution in [0.4, 0.5) is 10.5 Å². The molecule has 4 nitrogen and oxygen atoms in total. The summed E-state index contributed by atoms with van der Waals surface area (Å²) in [5.41, 5.74) is 1.84. The topological polar surface area (TPSA) is 50.4 Å². The Balaban J connectivity index is 1.69. The van der Waals surface area contributed by atoms with Crippen LogP contribution in [0.25, 0.3) is 0 Å². The maximum Gasteiger partial charge on any atom is 0.319 e. The first-order valence-electron chi connectivity index (χ1n) is 7.34. The lowest BCUT2D eigenvalue weighted by atomic mass is 10.2. The number of aryl methyl sites for hydroxylation is 1. The second kappa shape index (κ2) is 9.48. The van der Waals surface area contributed by atoms with Crippen LogP contribution in [-0.4, -0.2) is 19.2 Å². The van der Waals surface area contributed by atoms with E-state index in [2.05, 4.69) is 49.2 Å². The van der Waals surface area contributed by atoms with E-state index in [-0.39, 0.29) is 6.03 Å². The van der Waals surface area contributed by atoms with Gasteiger partial charge in [0.25, 0.3) is 0 Å². The van der Waals surface area contributed by atoms with E-state index in [1.165, 1.54) is 0 Å². The third-order valence-electron chi connectivity index (χ3n) is 3.19. The third-order valence-corrected chi connectivity index (χ3v) is 4.65. The molecular formula is C17H17BrClIN2O2. The lowest BCUT2D eigenvalue weighted by Gasteiger charge is -2.11. The molecule has 0 radical (unpaired) electrons. The van der Waals surface area contributed by atoms with Crippen molar-refractivity contribution in [3.63, 3.8) is 0 Å². The summed E-state index contributed by atoms with van der Waals surface area (Å²) in [6.07, 6.45) is 0.686. The first kappa shape index (κ1) is 19.3.